The number of fused-ring (bicyclic) bond motifs is 1. The topological polar surface area (TPSA) is 78.1 Å². The van der Waals surface area contributed by atoms with Crippen molar-refractivity contribution in [3.8, 4) is 0 Å². The summed E-state index contributed by atoms with van der Waals surface area (Å²) in [6, 6.07) is 12.4. The zero-order valence-corrected chi connectivity index (χ0v) is 14.0. The van der Waals surface area contributed by atoms with E-state index in [1.165, 1.54) is 0 Å². The first-order chi connectivity index (χ1) is 12.1. The molecule has 0 radical (unpaired) electrons. The Kier molecular flexibility index (Phi) is 3.89. The van der Waals surface area contributed by atoms with E-state index in [4.69, 9.17) is 11.6 Å². The fourth-order valence-electron chi connectivity index (χ4n) is 2.96. The highest BCUT2D eigenvalue weighted by atomic mass is 35.5. The predicted molar refractivity (Wildman–Crippen MR) is 97.1 cm³/mol. The molecule has 0 saturated carbocycles. The average Bonchev–Trinajstić information content (AvgIpc) is 3.20. The van der Waals surface area contributed by atoms with E-state index >= 15 is 0 Å². The van der Waals surface area contributed by atoms with Gasteiger partial charge in [-0.3, -0.25) is 14.9 Å². The Hall–Kier alpha value is -2.86. The highest BCUT2D eigenvalue weighted by Gasteiger charge is 2.24. The summed E-state index contributed by atoms with van der Waals surface area (Å²) < 4.78 is 0. The monoisotopic (exact) mass is 354 g/mol. The molecule has 0 atom stereocenters. The van der Waals surface area contributed by atoms with Crippen LogP contribution in [0.5, 0.6) is 0 Å². The number of rotatable bonds is 3. The van der Waals surface area contributed by atoms with Gasteiger partial charge >= 0.3 is 0 Å². The van der Waals surface area contributed by atoms with Crippen LogP contribution in [0.25, 0.3) is 11.0 Å². The van der Waals surface area contributed by atoms with Crippen molar-refractivity contribution in [3.05, 3.63) is 53.1 Å². The maximum atomic E-state index is 12.5. The molecule has 6 nitrogen and oxygen atoms in total. The van der Waals surface area contributed by atoms with Gasteiger partial charge < -0.3 is 9.88 Å². The van der Waals surface area contributed by atoms with E-state index in [1.807, 2.05) is 24.3 Å². The van der Waals surface area contributed by atoms with E-state index in [0.29, 0.717) is 35.2 Å². The normalized spacial score (nSPS) is 14.3. The molecule has 1 aromatic heterocycles. The SMILES string of the molecule is O=C(Nc1nc2ccccc2[nH]1)c1ccc(Cl)c(N2CCCC2=O)c1. The van der Waals surface area contributed by atoms with Gasteiger partial charge in [0.1, 0.15) is 0 Å². The minimum atomic E-state index is -0.316. The Morgan fingerprint density at radius 1 is 1.24 bits per heavy atom. The summed E-state index contributed by atoms with van der Waals surface area (Å²) in [7, 11) is 0. The molecule has 2 heterocycles. The number of nitrogens with zero attached hydrogens (tertiary/aromatic N) is 2. The van der Waals surface area contributed by atoms with Gasteiger partial charge in [0.05, 0.1) is 21.7 Å². The zero-order valence-electron chi connectivity index (χ0n) is 13.3. The molecule has 7 heteroatoms. The molecule has 2 aromatic carbocycles. The minimum absolute atomic E-state index is 0.0248. The van der Waals surface area contributed by atoms with Crippen LogP contribution in [0.15, 0.2) is 42.5 Å². The molecular weight excluding hydrogens is 340 g/mol. The third-order valence-corrected chi connectivity index (χ3v) is 4.51. The summed E-state index contributed by atoms with van der Waals surface area (Å²) in [5.41, 5.74) is 2.61. The number of imidazole rings is 1. The smallest absolute Gasteiger partial charge is 0.258 e. The van der Waals surface area contributed by atoms with Gasteiger partial charge in [-0.15, -0.1) is 0 Å². The highest BCUT2D eigenvalue weighted by molar-refractivity contribution is 6.34. The molecule has 0 aliphatic carbocycles. The number of anilines is 2. The molecule has 126 valence electrons. The van der Waals surface area contributed by atoms with E-state index in [-0.39, 0.29) is 11.8 Å². The number of aromatic nitrogens is 2. The quantitative estimate of drug-likeness (QED) is 0.754. The average molecular weight is 355 g/mol. The van der Waals surface area contributed by atoms with Gasteiger partial charge in [-0.25, -0.2) is 4.98 Å². The molecule has 4 rings (SSSR count). The van der Waals surface area contributed by atoms with E-state index in [0.717, 1.165) is 17.5 Å². The van der Waals surface area contributed by atoms with Crippen molar-refractivity contribution in [2.24, 2.45) is 0 Å². The number of H-pyrrole nitrogens is 1. The lowest BCUT2D eigenvalue weighted by atomic mass is 10.1. The number of aromatic amines is 1. The van der Waals surface area contributed by atoms with Gasteiger partial charge in [-0.1, -0.05) is 23.7 Å². The van der Waals surface area contributed by atoms with Crippen molar-refractivity contribution >= 4 is 46.1 Å². The molecule has 1 fully saturated rings. The summed E-state index contributed by atoms with van der Waals surface area (Å²) in [6.45, 7) is 0.618. The molecule has 1 saturated heterocycles. The first-order valence-electron chi connectivity index (χ1n) is 7.98. The van der Waals surface area contributed by atoms with Gasteiger partial charge in [-0.05, 0) is 36.8 Å². The third kappa shape index (κ3) is 2.96. The van der Waals surface area contributed by atoms with E-state index < -0.39 is 0 Å². The van der Waals surface area contributed by atoms with Crippen LogP contribution in [0.4, 0.5) is 11.6 Å². The van der Waals surface area contributed by atoms with Gasteiger partial charge in [0.25, 0.3) is 5.91 Å². The molecule has 2 amide bonds. The number of hydrogen-bond acceptors (Lipinski definition) is 3. The van der Waals surface area contributed by atoms with Crippen molar-refractivity contribution in [2.75, 3.05) is 16.8 Å². The Labute approximate surface area is 148 Å². The van der Waals surface area contributed by atoms with Gasteiger partial charge in [0.15, 0.2) is 0 Å². The highest BCUT2D eigenvalue weighted by Crippen LogP contribution is 2.30. The van der Waals surface area contributed by atoms with Crippen LogP contribution in [-0.4, -0.2) is 28.3 Å². The van der Waals surface area contributed by atoms with Gasteiger partial charge in [-0.2, -0.15) is 0 Å². The molecule has 1 aliphatic rings. The molecule has 1 aliphatic heterocycles. The Morgan fingerprint density at radius 3 is 2.84 bits per heavy atom. The standard InChI is InChI=1S/C18H15ClN4O2/c19-12-8-7-11(10-15(12)23-9-3-6-16(23)24)17(25)22-18-20-13-4-1-2-5-14(13)21-18/h1-2,4-5,7-8,10H,3,6,9H2,(H2,20,21,22,25). The fourth-order valence-corrected chi connectivity index (χ4v) is 3.17. The second-order valence-corrected chi connectivity index (χ2v) is 6.28. The van der Waals surface area contributed by atoms with Gasteiger partial charge in [0, 0.05) is 18.5 Å². The lowest BCUT2D eigenvalue weighted by Crippen LogP contribution is -2.24. The predicted octanol–water partition coefficient (Wildman–Crippen LogP) is 3.60. The zero-order chi connectivity index (χ0) is 17.4. The molecule has 25 heavy (non-hydrogen) atoms. The number of nitrogens with one attached hydrogen (secondary N) is 2. The number of hydrogen-bond donors (Lipinski definition) is 2. The van der Waals surface area contributed by atoms with Crippen molar-refractivity contribution in [3.63, 3.8) is 0 Å². The second kappa shape index (κ2) is 6.22. The summed E-state index contributed by atoms with van der Waals surface area (Å²) in [5.74, 6) is 0.0836. The summed E-state index contributed by atoms with van der Waals surface area (Å²) in [4.78, 5) is 33.5. The van der Waals surface area contributed by atoms with Crippen LogP contribution in [0.3, 0.4) is 0 Å². The summed E-state index contributed by atoms with van der Waals surface area (Å²) in [6.07, 6.45) is 1.30. The van der Waals surface area contributed by atoms with Crippen LogP contribution in [0.1, 0.15) is 23.2 Å². The minimum Gasteiger partial charge on any atom is -0.324 e. The molecule has 3 aromatic rings. The van der Waals surface area contributed by atoms with E-state index in [1.54, 1.807) is 23.1 Å². The number of carbonyl (C=O) groups is 2. The van der Waals surface area contributed by atoms with Crippen LogP contribution in [0, 0.1) is 0 Å². The Balaban J connectivity index is 1.60. The Morgan fingerprint density at radius 2 is 2.08 bits per heavy atom. The number of halogens is 1. The molecule has 0 unspecified atom stereocenters. The lowest BCUT2D eigenvalue weighted by molar-refractivity contribution is -0.117. The van der Waals surface area contributed by atoms with Crippen molar-refractivity contribution < 1.29 is 9.59 Å². The molecule has 2 N–H and O–H groups in total. The third-order valence-electron chi connectivity index (χ3n) is 4.19. The molecule has 0 bridgehead atoms. The maximum absolute atomic E-state index is 12.5. The number of benzene rings is 2. The van der Waals surface area contributed by atoms with E-state index in [9.17, 15) is 9.59 Å². The molecule has 0 spiro atoms. The van der Waals surface area contributed by atoms with E-state index in [2.05, 4.69) is 15.3 Å². The number of amides is 2. The largest absolute Gasteiger partial charge is 0.324 e. The summed E-state index contributed by atoms with van der Waals surface area (Å²) >= 11 is 6.22. The number of para-hydroxylation sites is 2. The summed E-state index contributed by atoms with van der Waals surface area (Å²) in [5, 5.41) is 3.20. The Bertz CT molecular complexity index is 949. The second-order valence-electron chi connectivity index (χ2n) is 5.87. The van der Waals surface area contributed by atoms with Gasteiger partial charge in [0.2, 0.25) is 11.9 Å². The van der Waals surface area contributed by atoms with Crippen LogP contribution in [-0.2, 0) is 4.79 Å². The number of carbonyl (C=O) groups excluding carboxylic acids is 2. The fraction of sp³-hybridized carbons (Fsp3) is 0.167. The van der Waals surface area contributed by atoms with Crippen LogP contribution in [0.2, 0.25) is 5.02 Å². The lowest BCUT2D eigenvalue weighted by Gasteiger charge is -2.18. The van der Waals surface area contributed by atoms with Crippen LogP contribution >= 0.6 is 11.6 Å². The van der Waals surface area contributed by atoms with Crippen LogP contribution < -0.4 is 10.2 Å². The first-order valence-corrected chi connectivity index (χ1v) is 8.35. The maximum Gasteiger partial charge on any atom is 0.258 e. The van der Waals surface area contributed by atoms with Crippen molar-refractivity contribution in [1.29, 1.82) is 0 Å². The van der Waals surface area contributed by atoms with Crippen molar-refractivity contribution in [1.82, 2.24) is 9.97 Å². The van der Waals surface area contributed by atoms with Crippen molar-refractivity contribution in [2.45, 2.75) is 12.8 Å². The first kappa shape index (κ1) is 15.7. The molecular formula is C18H15ClN4O2.